The molecule has 0 heterocycles. The van der Waals surface area contributed by atoms with E-state index in [9.17, 15) is 4.39 Å². The van der Waals surface area contributed by atoms with Gasteiger partial charge in [0.25, 0.3) is 0 Å². The molecule has 1 aliphatic rings. The van der Waals surface area contributed by atoms with Crippen LogP contribution in [-0.2, 0) is 0 Å². The van der Waals surface area contributed by atoms with Crippen molar-refractivity contribution in [3.63, 3.8) is 0 Å². The molecule has 1 saturated carbocycles. The minimum Gasteiger partial charge on any atom is -0.493 e. The summed E-state index contributed by atoms with van der Waals surface area (Å²) in [6.45, 7) is 2.51. The van der Waals surface area contributed by atoms with Gasteiger partial charge in [0.15, 0.2) is 0 Å². The van der Waals surface area contributed by atoms with Gasteiger partial charge in [0, 0.05) is 11.6 Å². The maximum absolute atomic E-state index is 13.3. The molecule has 82 valence electrons. The summed E-state index contributed by atoms with van der Waals surface area (Å²) in [5.74, 6) is 1.16. The lowest BCUT2D eigenvalue weighted by Gasteiger charge is -2.10. The van der Waals surface area contributed by atoms with Gasteiger partial charge in [-0.1, -0.05) is 0 Å². The van der Waals surface area contributed by atoms with Gasteiger partial charge in [-0.05, 0) is 43.9 Å². The molecule has 0 aromatic heterocycles. The van der Waals surface area contributed by atoms with Crippen molar-refractivity contribution in [3.05, 3.63) is 29.6 Å². The van der Waals surface area contributed by atoms with E-state index in [1.165, 1.54) is 18.9 Å². The number of halogens is 1. The summed E-state index contributed by atoms with van der Waals surface area (Å²) < 4.78 is 18.8. The van der Waals surface area contributed by atoms with Crippen LogP contribution in [0.15, 0.2) is 18.2 Å². The molecule has 1 aromatic carbocycles. The van der Waals surface area contributed by atoms with Crippen molar-refractivity contribution in [2.24, 2.45) is 11.7 Å². The van der Waals surface area contributed by atoms with E-state index in [4.69, 9.17) is 10.5 Å². The number of rotatable bonds is 4. The Hall–Kier alpha value is -1.09. The average molecular weight is 209 g/mol. The molecule has 1 aliphatic carbocycles. The zero-order valence-electron chi connectivity index (χ0n) is 8.87. The number of nitrogens with two attached hydrogens (primary N) is 1. The molecule has 0 bridgehead atoms. The monoisotopic (exact) mass is 209 g/mol. The summed E-state index contributed by atoms with van der Waals surface area (Å²) in [6, 6.07) is 4.47. The van der Waals surface area contributed by atoms with Crippen molar-refractivity contribution in [1.82, 2.24) is 0 Å². The number of benzene rings is 1. The lowest BCUT2D eigenvalue weighted by molar-refractivity contribution is 0.299. The molecule has 2 N–H and O–H groups in total. The molecule has 2 rings (SSSR count). The highest BCUT2D eigenvalue weighted by atomic mass is 19.1. The zero-order valence-corrected chi connectivity index (χ0v) is 8.87. The highest BCUT2D eigenvalue weighted by Gasteiger charge is 2.22. The van der Waals surface area contributed by atoms with E-state index in [-0.39, 0.29) is 11.9 Å². The number of hydrogen-bond donors (Lipinski definition) is 1. The lowest BCUT2D eigenvalue weighted by Crippen LogP contribution is -2.08. The van der Waals surface area contributed by atoms with E-state index in [1.54, 1.807) is 19.1 Å². The Morgan fingerprint density at radius 1 is 1.53 bits per heavy atom. The average Bonchev–Trinajstić information content (AvgIpc) is 3.00. The Morgan fingerprint density at radius 2 is 2.27 bits per heavy atom. The molecular formula is C12H16FNO. The largest absolute Gasteiger partial charge is 0.493 e. The fraction of sp³-hybridized carbons (Fsp3) is 0.500. The normalized spacial score (nSPS) is 17.5. The van der Waals surface area contributed by atoms with Crippen LogP contribution in [-0.4, -0.2) is 6.61 Å². The maximum atomic E-state index is 13.3. The second-order valence-electron chi connectivity index (χ2n) is 4.23. The van der Waals surface area contributed by atoms with Crippen molar-refractivity contribution in [2.75, 3.05) is 6.61 Å². The summed E-state index contributed by atoms with van der Waals surface area (Å²) in [5, 5.41) is 0. The second kappa shape index (κ2) is 4.19. The van der Waals surface area contributed by atoms with Gasteiger partial charge in [-0.2, -0.15) is 0 Å². The molecule has 0 spiro atoms. The Kier molecular flexibility index (Phi) is 2.91. The van der Waals surface area contributed by atoms with Crippen LogP contribution in [0.1, 0.15) is 31.4 Å². The molecule has 0 saturated heterocycles. The van der Waals surface area contributed by atoms with Gasteiger partial charge in [0.05, 0.1) is 6.61 Å². The Bertz CT molecular complexity index is 347. The molecule has 1 atom stereocenters. The predicted octanol–water partition coefficient (Wildman–Crippen LogP) is 2.63. The SMILES string of the molecule is C[C@H](N)c1cc(OCC2CC2)ccc1F. The first-order chi connectivity index (χ1) is 7.16. The smallest absolute Gasteiger partial charge is 0.128 e. The van der Waals surface area contributed by atoms with Gasteiger partial charge >= 0.3 is 0 Å². The fourth-order valence-corrected chi connectivity index (χ4v) is 1.46. The molecule has 2 nitrogen and oxygen atoms in total. The van der Waals surface area contributed by atoms with Gasteiger partial charge < -0.3 is 10.5 Å². The lowest BCUT2D eigenvalue weighted by atomic mass is 10.1. The summed E-state index contributed by atoms with van der Waals surface area (Å²) in [6.07, 6.45) is 2.50. The van der Waals surface area contributed by atoms with Crippen molar-refractivity contribution in [1.29, 1.82) is 0 Å². The molecule has 0 aliphatic heterocycles. The molecule has 1 aromatic rings. The molecule has 0 unspecified atom stereocenters. The van der Waals surface area contributed by atoms with Gasteiger partial charge in [-0.15, -0.1) is 0 Å². The third-order valence-electron chi connectivity index (χ3n) is 2.64. The van der Waals surface area contributed by atoms with Gasteiger partial charge in [0.1, 0.15) is 11.6 Å². The van der Waals surface area contributed by atoms with E-state index in [0.29, 0.717) is 11.5 Å². The number of ether oxygens (including phenoxy) is 1. The topological polar surface area (TPSA) is 35.2 Å². The van der Waals surface area contributed by atoms with Gasteiger partial charge in [-0.3, -0.25) is 0 Å². The van der Waals surface area contributed by atoms with Crippen LogP contribution in [0.3, 0.4) is 0 Å². The third-order valence-corrected chi connectivity index (χ3v) is 2.64. The highest BCUT2D eigenvalue weighted by molar-refractivity contribution is 5.31. The predicted molar refractivity (Wildman–Crippen MR) is 57.2 cm³/mol. The standard InChI is InChI=1S/C12H16FNO/c1-8(14)11-6-10(4-5-12(11)13)15-7-9-2-3-9/h4-6,8-9H,2-3,7,14H2,1H3/t8-/m0/s1. The summed E-state index contributed by atoms with van der Waals surface area (Å²) in [5.41, 5.74) is 6.17. The first kappa shape index (κ1) is 10.4. The fourth-order valence-electron chi connectivity index (χ4n) is 1.46. The summed E-state index contributed by atoms with van der Waals surface area (Å²) >= 11 is 0. The van der Waals surface area contributed by atoms with Crippen molar-refractivity contribution < 1.29 is 9.13 Å². The van der Waals surface area contributed by atoms with Crippen LogP contribution in [0.4, 0.5) is 4.39 Å². The summed E-state index contributed by atoms with van der Waals surface area (Å²) in [4.78, 5) is 0. The van der Waals surface area contributed by atoms with Crippen molar-refractivity contribution in [2.45, 2.75) is 25.8 Å². The minimum absolute atomic E-state index is 0.260. The molecule has 0 amide bonds. The van der Waals surface area contributed by atoms with Crippen LogP contribution in [0.25, 0.3) is 0 Å². The Morgan fingerprint density at radius 3 is 2.87 bits per heavy atom. The van der Waals surface area contributed by atoms with E-state index in [0.717, 1.165) is 12.4 Å². The first-order valence-corrected chi connectivity index (χ1v) is 5.34. The van der Waals surface area contributed by atoms with E-state index in [1.807, 2.05) is 0 Å². The Balaban J connectivity index is 2.06. The van der Waals surface area contributed by atoms with Crippen LogP contribution in [0.5, 0.6) is 5.75 Å². The molecular weight excluding hydrogens is 193 g/mol. The maximum Gasteiger partial charge on any atom is 0.128 e. The van der Waals surface area contributed by atoms with Gasteiger partial charge in [-0.25, -0.2) is 4.39 Å². The van der Waals surface area contributed by atoms with Crippen molar-refractivity contribution in [3.8, 4) is 5.75 Å². The van der Waals surface area contributed by atoms with Crippen LogP contribution in [0.2, 0.25) is 0 Å². The molecule has 0 radical (unpaired) electrons. The minimum atomic E-state index is -0.297. The molecule has 1 fully saturated rings. The second-order valence-corrected chi connectivity index (χ2v) is 4.23. The third kappa shape index (κ3) is 2.69. The van der Waals surface area contributed by atoms with Crippen LogP contribution in [0, 0.1) is 11.7 Å². The Labute approximate surface area is 89.2 Å². The van der Waals surface area contributed by atoms with Crippen LogP contribution >= 0.6 is 0 Å². The summed E-state index contributed by atoms with van der Waals surface area (Å²) in [7, 11) is 0. The highest BCUT2D eigenvalue weighted by Crippen LogP contribution is 2.30. The van der Waals surface area contributed by atoms with E-state index < -0.39 is 0 Å². The van der Waals surface area contributed by atoms with Gasteiger partial charge in [0.2, 0.25) is 0 Å². The number of hydrogen-bond acceptors (Lipinski definition) is 2. The zero-order chi connectivity index (χ0) is 10.8. The van der Waals surface area contributed by atoms with Crippen LogP contribution < -0.4 is 10.5 Å². The molecule has 3 heteroatoms. The quantitative estimate of drug-likeness (QED) is 0.827. The van der Waals surface area contributed by atoms with Crippen molar-refractivity contribution >= 4 is 0 Å². The van der Waals surface area contributed by atoms with E-state index >= 15 is 0 Å². The first-order valence-electron chi connectivity index (χ1n) is 5.34. The van der Waals surface area contributed by atoms with E-state index in [2.05, 4.69) is 0 Å². The molecule has 15 heavy (non-hydrogen) atoms.